The summed E-state index contributed by atoms with van der Waals surface area (Å²) in [7, 11) is 0. The van der Waals surface area contributed by atoms with E-state index in [-0.39, 0.29) is 12.1 Å². The number of nitrogens with zero attached hydrogens (tertiary/aromatic N) is 1. The van der Waals surface area contributed by atoms with Crippen molar-refractivity contribution in [2.24, 2.45) is 4.99 Å². The van der Waals surface area contributed by atoms with E-state index in [1.165, 1.54) is 0 Å². The summed E-state index contributed by atoms with van der Waals surface area (Å²) in [6, 6.07) is 8.99. The predicted octanol–water partition coefficient (Wildman–Crippen LogP) is 1.78. The fourth-order valence-corrected chi connectivity index (χ4v) is 1.70. The second-order valence-electron chi connectivity index (χ2n) is 3.82. The Morgan fingerprint density at radius 1 is 1.41 bits per heavy atom. The molecule has 1 heterocycles. The van der Waals surface area contributed by atoms with Gasteiger partial charge >= 0.3 is 5.97 Å². The second kappa shape index (κ2) is 4.99. The highest BCUT2D eigenvalue weighted by Gasteiger charge is 2.34. The van der Waals surface area contributed by atoms with Crippen molar-refractivity contribution < 1.29 is 14.3 Å². The lowest BCUT2D eigenvalue weighted by Crippen LogP contribution is -2.29. The Morgan fingerprint density at radius 3 is 2.76 bits per heavy atom. The summed E-state index contributed by atoms with van der Waals surface area (Å²) in [5, 5.41) is 0. The average Bonchev–Trinajstić information content (AvgIpc) is 2.73. The van der Waals surface area contributed by atoms with E-state index in [4.69, 9.17) is 9.47 Å². The van der Waals surface area contributed by atoms with Crippen LogP contribution in [0.15, 0.2) is 35.3 Å². The Morgan fingerprint density at radius 2 is 2.12 bits per heavy atom. The van der Waals surface area contributed by atoms with Crippen molar-refractivity contribution in [1.29, 1.82) is 0 Å². The average molecular weight is 233 g/mol. The van der Waals surface area contributed by atoms with Gasteiger partial charge in [-0.3, -0.25) is 0 Å². The maximum absolute atomic E-state index is 11.6. The molecule has 1 aromatic carbocycles. The van der Waals surface area contributed by atoms with Crippen LogP contribution in [-0.4, -0.2) is 30.6 Å². The number of hydrogen-bond donors (Lipinski definition) is 0. The van der Waals surface area contributed by atoms with Crippen molar-refractivity contribution in [2.75, 3.05) is 6.61 Å². The molecule has 0 N–H and O–H groups in total. The molecule has 2 rings (SSSR count). The van der Waals surface area contributed by atoms with Gasteiger partial charge in [0.1, 0.15) is 6.10 Å². The maximum atomic E-state index is 11.6. The molecule has 0 fully saturated rings. The van der Waals surface area contributed by atoms with Crippen LogP contribution in [0.4, 0.5) is 0 Å². The lowest BCUT2D eigenvalue weighted by Gasteiger charge is -2.11. The number of esters is 1. The highest BCUT2D eigenvalue weighted by molar-refractivity contribution is 5.97. The normalized spacial score (nSPS) is 22.8. The topological polar surface area (TPSA) is 47.9 Å². The Labute approximate surface area is 100 Å². The largest absolute Gasteiger partial charge is 0.472 e. The van der Waals surface area contributed by atoms with Crippen LogP contribution in [0.2, 0.25) is 0 Å². The van der Waals surface area contributed by atoms with Crippen LogP contribution in [0.5, 0.6) is 0 Å². The van der Waals surface area contributed by atoms with Gasteiger partial charge in [-0.15, -0.1) is 0 Å². The Hall–Kier alpha value is -1.84. The summed E-state index contributed by atoms with van der Waals surface area (Å²) in [6.07, 6.45) is -0.274. The number of benzene rings is 1. The van der Waals surface area contributed by atoms with Crippen LogP contribution >= 0.6 is 0 Å². The molecule has 17 heavy (non-hydrogen) atoms. The van der Waals surface area contributed by atoms with E-state index in [2.05, 4.69) is 4.99 Å². The Kier molecular flexibility index (Phi) is 3.42. The fourth-order valence-electron chi connectivity index (χ4n) is 1.70. The number of ether oxygens (including phenoxy) is 2. The molecule has 4 heteroatoms. The molecule has 1 aliphatic heterocycles. The molecule has 0 saturated heterocycles. The first-order valence-corrected chi connectivity index (χ1v) is 5.69. The third-order valence-corrected chi connectivity index (χ3v) is 2.55. The molecule has 0 aliphatic carbocycles. The fraction of sp³-hybridized carbons (Fsp3) is 0.385. The number of carbonyl (C=O) groups is 1. The van der Waals surface area contributed by atoms with Gasteiger partial charge in [-0.25, -0.2) is 9.79 Å². The van der Waals surface area contributed by atoms with Crippen molar-refractivity contribution in [2.45, 2.75) is 26.0 Å². The van der Waals surface area contributed by atoms with E-state index in [0.29, 0.717) is 12.5 Å². The van der Waals surface area contributed by atoms with Crippen LogP contribution in [0.25, 0.3) is 0 Å². The SMILES string of the molecule is CCOC(=O)C1N=C(c2ccccc2)OC1C. The van der Waals surface area contributed by atoms with Crippen molar-refractivity contribution in [3.05, 3.63) is 35.9 Å². The first-order chi connectivity index (χ1) is 8.22. The van der Waals surface area contributed by atoms with E-state index >= 15 is 0 Å². The zero-order valence-electron chi connectivity index (χ0n) is 9.92. The van der Waals surface area contributed by atoms with Crippen LogP contribution in [0.1, 0.15) is 19.4 Å². The molecule has 0 saturated carbocycles. The molecule has 0 aromatic heterocycles. The van der Waals surface area contributed by atoms with E-state index < -0.39 is 6.04 Å². The van der Waals surface area contributed by atoms with Crippen molar-refractivity contribution in [3.8, 4) is 0 Å². The lowest BCUT2D eigenvalue weighted by molar-refractivity contribution is -0.145. The summed E-state index contributed by atoms with van der Waals surface area (Å²) < 4.78 is 10.5. The third kappa shape index (κ3) is 2.46. The Bertz CT molecular complexity index is 428. The molecule has 90 valence electrons. The van der Waals surface area contributed by atoms with E-state index in [9.17, 15) is 4.79 Å². The lowest BCUT2D eigenvalue weighted by atomic mass is 10.2. The second-order valence-corrected chi connectivity index (χ2v) is 3.82. The van der Waals surface area contributed by atoms with Gasteiger partial charge in [0, 0.05) is 5.56 Å². The smallest absolute Gasteiger partial charge is 0.334 e. The molecule has 2 atom stereocenters. The van der Waals surface area contributed by atoms with Crippen LogP contribution in [-0.2, 0) is 14.3 Å². The molecule has 0 bridgehead atoms. The zero-order chi connectivity index (χ0) is 12.3. The molecule has 0 radical (unpaired) electrons. The highest BCUT2D eigenvalue weighted by Crippen LogP contribution is 2.18. The van der Waals surface area contributed by atoms with Gasteiger partial charge in [0.15, 0.2) is 6.04 Å². The molecular formula is C13H15NO3. The minimum absolute atomic E-state index is 0.274. The van der Waals surface area contributed by atoms with Gasteiger partial charge in [0.05, 0.1) is 6.61 Å². The minimum Gasteiger partial charge on any atom is -0.472 e. The summed E-state index contributed by atoms with van der Waals surface area (Å²) >= 11 is 0. The molecule has 1 aliphatic rings. The number of rotatable bonds is 3. The van der Waals surface area contributed by atoms with Gasteiger partial charge < -0.3 is 9.47 Å². The van der Waals surface area contributed by atoms with E-state index in [0.717, 1.165) is 5.56 Å². The van der Waals surface area contributed by atoms with Crippen molar-refractivity contribution in [1.82, 2.24) is 0 Å². The molecular weight excluding hydrogens is 218 g/mol. The van der Waals surface area contributed by atoms with Crippen LogP contribution in [0, 0.1) is 0 Å². The summed E-state index contributed by atoms with van der Waals surface area (Å²) in [5.41, 5.74) is 0.881. The summed E-state index contributed by atoms with van der Waals surface area (Å²) in [4.78, 5) is 15.9. The van der Waals surface area contributed by atoms with Crippen molar-refractivity contribution >= 4 is 11.9 Å². The number of carbonyl (C=O) groups excluding carboxylic acids is 1. The number of hydrogen-bond acceptors (Lipinski definition) is 4. The van der Waals surface area contributed by atoms with Crippen LogP contribution in [0.3, 0.4) is 0 Å². The van der Waals surface area contributed by atoms with Gasteiger partial charge in [0.2, 0.25) is 5.90 Å². The van der Waals surface area contributed by atoms with Gasteiger partial charge in [-0.05, 0) is 26.0 Å². The van der Waals surface area contributed by atoms with Gasteiger partial charge in [-0.2, -0.15) is 0 Å². The quantitative estimate of drug-likeness (QED) is 0.748. The standard InChI is InChI=1S/C13H15NO3/c1-3-16-13(15)11-9(2)17-12(14-11)10-7-5-4-6-8-10/h4-9,11H,3H2,1-2H3. The monoisotopic (exact) mass is 233 g/mol. The Balaban J connectivity index is 2.17. The minimum atomic E-state index is -0.551. The molecule has 2 unspecified atom stereocenters. The zero-order valence-corrected chi connectivity index (χ0v) is 9.92. The first-order valence-electron chi connectivity index (χ1n) is 5.69. The maximum Gasteiger partial charge on any atom is 0.334 e. The van der Waals surface area contributed by atoms with Gasteiger partial charge in [0.25, 0.3) is 0 Å². The van der Waals surface area contributed by atoms with E-state index in [1.807, 2.05) is 37.3 Å². The summed E-state index contributed by atoms with van der Waals surface area (Å²) in [5.74, 6) is 0.182. The van der Waals surface area contributed by atoms with Crippen molar-refractivity contribution in [3.63, 3.8) is 0 Å². The van der Waals surface area contributed by atoms with E-state index in [1.54, 1.807) is 6.92 Å². The molecule has 1 aromatic rings. The molecule has 4 nitrogen and oxygen atoms in total. The molecule has 0 spiro atoms. The summed E-state index contributed by atoms with van der Waals surface area (Å²) in [6.45, 7) is 3.96. The van der Waals surface area contributed by atoms with Gasteiger partial charge in [-0.1, -0.05) is 18.2 Å². The molecule has 0 amide bonds. The highest BCUT2D eigenvalue weighted by atomic mass is 16.5. The number of aliphatic imine (C=N–C) groups is 1. The predicted molar refractivity (Wildman–Crippen MR) is 63.9 cm³/mol. The van der Waals surface area contributed by atoms with Crippen LogP contribution < -0.4 is 0 Å². The third-order valence-electron chi connectivity index (χ3n) is 2.55. The first kappa shape index (κ1) is 11.6.